The molecule has 0 aliphatic rings. The van der Waals surface area contributed by atoms with Gasteiger partial charge in [-0.25, -0.2) is 23.8 Å². The minimum absolute atomic E-state index is 0.0556. The molecule has 0 saturated heterocycles. The molecule has 0 fully saturated rings. The first kappa shape index (κ1) is 14.6. The molecule has 0 aliphatic heterocycles. The van der Waals surface area contributed by atoms with Crippen molar-refractivity contribution in [2.45, 2.75) is 19.9 Å². The van der Waals surface area contributed by atoms with Crippen LogP contribution < -0.4 is 18.6 Å². The summed E-state index contributed by atoms with van der Waals surface area (Å²) in [6.45, 7) is 3.94. The summed E-state index contributed by atoms with van der Waals surface area (Å²) in [5.74, 6) is 0. The highest BCUT2D eigenvalue weighted by Gasteiger charge is 2.14. The second kappa shape index (κ2) is 4.93. The topological polar surface area (TPSA) is 112 Å². The Hall–Kier alpha value is 0.0500. The fourth-order valence-corrected chi connectivity index (χ4v) is 0. The molecule has 0 aromatic rings. The van der Waals surface area contributed by atoms with Gasteiger partial charge in [-0.1, -0.05) is 0 Å². The van der Waals surface area contributed by atoms with Crippen LogP contribution in [0.25, 0.3) is 0 Å². The van der Waals surface area contributed by atoms with Gasteiger partial charge in [-0.3, -0.25) is 0 Å². The molecule has 1 N–H and O–H groups in total. The standard InChI is InChI=1S/C5H14NO.ClHO4/c1-5(2)6(3,4)7;2-1(3,4)5/h5,7H,1-4H3;(H,2,3,4,5)/q+1;/p-1. The first-order chi connectivity index (χ1) is 4.94. The van der Waals surface area contributed by atoms with Gasteiger partial charge in [0.05, 0.1) is 14.1 Å². The first-order valence-electron chi connectivity index (χ1n) is 3.12. The van der Waals surface area contributed by atoms with E-state index in [1.54, 1.807) is 14.1 Å². The van der Waals surface area contributed by atoms with Crippen LogP contribution in [0.3, 0.4) is 0 Å². The van der Waals surface area contributed by atoms with Crippen LogP contribution >= 0.6 is 0 Å². The Morgan fingerprint density at radius 3 is 1.17 bits per heavy atom. The molecule has 0 saturated carbocycles. The van der Waals surface area contributed by atoms with Gasteiger partial charge in [0.25, 0.3) is 0 Å². The van der Waals surface area contributed by atoms with Crippen molar-refractivity contribution >= 4 is 0 Å². The Labute approximate surface area is 73.6 Å². The summed E-state index contributed by atoms with van der Waals surface area (Å²) in [4.78, 5) is 0. The lowest BCUT2D eigenvalue weighted by molar-refractivity contribution is -2.00. The summed E-state index contributed by atoms with van der Waals surface area (Å²) in [5.41, 5.74) is 0. The third kappa shape index (κ3) is 22.5. The van der Waals surface area contributed by atoms with Crippen molar-refractivity contribution in [1.82, 2.24) is 0 Å². The van der Waals surface area contributed by atoms with Crippen LogP contribution in [0.1, 0.15) is 13.8 Å². The molecule has 12 heavy (non-hydrogen) atoms. The predicted molar refractivity (Wildman–Crippen MR) is 29.0 cm³/mol. The van der Waals surface area contributed by atoms with E-state index in [1.807, 2.05) is 13.8 Å². The van der Waals surface area contributed by atoms with Crippen molar-refractivity contribution < 1.29 is 38.7 Å². The van der Waals surface area contributed by atoms with Crippen molar-refractivity contribution in [2.75, 3.05) is 14.1 Å². The van der Waals surface area contributed by atoms with Gasteiger partial charge < -0.3 is 0 Å². The van der Waals surface area contributed by atoms with E-state index < -0.39 is 10.2 Å². The minimum atomic E-state index is -4.94. The Balaban J connectivity index is 0. The Bertz CT molecular complexity index is 110. The number of halogens is 1. The van der Waals surface area contributed by atoms with Gasteiger partial charge >= 0.3 is 0 Å². The SMILES string of the molecule is CC(C)[N+](C)(C)O.[O-][Cl+3]([O-])([O-])[O-]. The van der Waals surface area contributed by atoms with E-state index in [4.69, 9.17) is 23.8 Å². The molecule has 0 bridgehead atoms. The summed E-state index contributed by atoms with van der Waals surface area (Å²) >= 11 is 0. The molecule has 0 spiro atoms. The van der Waals surface area contributed by atoms with Crippen LogP contribution in [0, 0.1) is 10.2 Å². The lowest BCUT2D eigenvalue weighted by Crippen LogP contribution is -2.68. The van der Waals surface area contributed by atoms with E-state index in [2.05, 4.69) is 0 Å². The molecule has 0 rings (SSSR count). The van der Waals surface area contributed by atoms with Crippen molar-refractivity contribution in [3.05, 3.63) is 0 Å². The monoisotopic (exact) mass is 203 g/mol. The molecule has 0 aliphatic carbocycles. The summed E-state index contributed by atoms with van der Waals surface area (Å²) in [6.07, 6.45) is 0. The third-order valence-corrected chi connectivity index (χ3v) is 1.26. The summed E-state index contributed by atoms with van der Waals surface area (Å²) in [6, 6.07) is 0.292. The van der Waals surface area contributed by atoms with Crippen molar-refractivity contribution in [3.8, 4) is 0 Å². The largest absolute Gasteiger partial charge is 0.222 e. The summed E-state index contributed by atoms with van der Waals surface area (Å²) in [5, 5.41) is 9.03. The zero-order chi connectivity index (χ0) is 10.6. The normalized spacial score (nSPS) is 12.5. The maximum Gasteiger partial charge on any atom is 0.113 e. The van der Waals surface area contributed by atoms with E-state index >= 15 is 0 Å². The van der Waals surface area contributed by atoms with Gasteiger partial charge in [-0.05, 0) is 13.8 Å². The van der Waals surface area contributed by atoms with Gasteiger partial charge in [-0.15, -0.1) is 10.2 Å². The van der Waals surface area contributed by atoms with Crippen molar-refractivity contribution in [2.24, 2.45) is 0 Å². The molecular weight excluding hydrogens is 190 g/mol. The summed E-state index contributed by atoms with van der Waals surface area (Å²) in [7, 11) is -1.44. The molecule has 6 nitrogen and oxygen atoms in total. The second-order valence-electron chi connectivity index (χ2n) is 2.95. The molecule has 7 heteroatoms. The van der Waals surface area contributed by atoms with Gasteiger partial charge in [0.15, 0.2) is 0 Å². The average Bonchev–Trinajstić information content (AvgIpc) is 1.55. The summed E-state index contributed by atoms with van der Waals surface area (Å²) < 4.78 is 34.0. The van der Waals surface area contributed by atoms with Gasteiger partial charge in [0.1, 0.15) is 6.04 Å². The minimum Gasteiger partial charge on any atom is -0.222 e. The van der Waals surface area contributed by atoms with E-state index in [0.29, 0.717) is 6.04 Å². The fraction of sp³-hybridized carbons (Fsp3) is 1.00. The van der Waals surface area contributed by atoms with Crippen molar-refractivity contribution in [3.63, 3.8) is 0 Å². The molecule has 0 atom stereocenters. The number of nitrogens with zero attached hydrogens (tertiary/aromatic N) is 1. The van der Waals surface area contributed by atoms with Crippen LogP contribution in [0.2, 0.25) is 0 Å². The highest BCUT2D eigenvalue weighted by atomic mass is 35.7. The van der Waals surface area contributed by atoms with Gasteiger partial charge in [-0.2, -0.15) is 4.65 Å². The smallest absolute Gasteiger partial charge is 0.113 e. The first-order valence-corrected chi connectivity index (χ1v) is 4.36. The van der Waals surface area contributed by atoms with Crippen LogP contribution in [-0.4, -0.2) is 30.0 Å². The Kier molecular flexibility index (Phi) is 5.98. The molecule has 0 heterocycles. The zero-order valence-corrected chi connectivity index (χ0v) is 8.24. The Morgan fingerprint density at radius 1 is 1.08 bits per heavy atom. The molecule has 76 valence electrons. The number of rotatable bonds is 1. The van der Waals surface area contributed by atoms with Crippen LogP contribution in [0.4, 0.5) is 0 Å². The zero-order valence-electron chi connectivity index (χ0n) is 7.48. The number of hydroxylamine groups is 3. The molecule has 0 amide bonds. The van der Waals surface area contributed by atoms with Crippen LogP contribution in [0.15, 0.2) is 0 Å². The van der Waals surface area contributed by atoms with E-state index in [-0.39, 0.29) is 4.65 Å². The molecule has 0 aromatic carbocycles. The Morgan fingerprint density at radius 2 is 1.17 bits per heavy atom. The number of hydrogen-bond acceptors (Lipinski definition) is 5. The molecule has 0 radical (unpaired) electrons. The highest BCUT2D eigenvalue weighted by molar-refractivity contribution is 4.28. The number of hydrogen-bond donors (Lipinski definition) is 1. The maximum absolute atomic E-state index is 9.03. The van der Waals surface area contributed by atoms with E-state index in [9.17, 15) is 0 Å². The van der Waals surface area contributed by atoms with Gasteiger partial charge in [0.2, 0.25) is 0 Å². The lowest BCUT2D eigenvalue weighted by atomic mass is 10.4. The van der Waals surface area contributed by atoms with E-state index in [0.717, 1.165) is 0 Å². The predicted octanol–water partition coefficient (Wildman–Crippen LogP) is -3.90. The molecule has 0 aromatic heterocycles. The van der Waals surface area contributed by atoms with Crippen LogP contribution in [0.5, 0.6) is 0 Å². The quantitative estimate of drug-likeness (QED) is 0.346. The van der Waals surface area contributed by atoms with E-state index in [1.165, 1.54) is 0 Å². The van der Waals surface area contributed by atoms with Gasteiger partial charge in [0, 0.05) is 0 Å². The average molecular weight is 204 g/mol. The fourth-order valence-electron chi connectivity index (χ4n) is 0. The molecule has 0 unspecified atom stereocenters. The number of quaternary nitrogens is 1. The maximum atomic E-state index is 9.03. The molecular formula is C5H14ClNO5. The van der Waals surface area contributed by atoms with Crippen LogP contribution in [-0.2, 0) is 0 Å². The lowest BCUT2D eigenvalue weighted by Gasteiger charge is -2.23. The second-order valence-corrected chi connectivity index (χ2v) is 3.71. The third-order valence-electron chi connectivity index (χ3n) is 1.26. The van der Waals surface area contributed by atoms with Crippen molar-refractivity contribution in [1.29, 1.82) is 0 Å². The highest BCUT2D eigenvalue weighted by Crippen LogP contribution is 1.97.